The lowest BCUT2D eigenvalue weighted by atomic mass is 9.81. The van der Waals surface area contributed by atoms with Gasteiger partial charge in [-0.15, -0.1) is 0 Å². The van der Waals surface area contributed by atoms with E-state index in [1.54, 1.807) is 0 Å². The van der Waals surface area contributed by atoms with E-state index in [1.807, 2.05) is 0 Å². The summed E-state index contributed by atoms with van der Waals surface area (Å²) in [6.07, 6.45) is 7.22. The van der Waals surface area contributed by atoms with E-state index in [2.05, 4.69) is 80.9 Å². The standard InChI is InChI=1S/C20H25/c1-20(2,17-19-14-7-4-8-15-19)16-10-9-13-18-11-5-3-6-12-18/h3-8,11-12,14-16H,9-10,13,17H2,1-2H3. The first kappa shape index (κ1) is 14.8. The Morgan fingerprint density at radius 1 is 0.800 bits per heavy atom. The van der Waals surface area contributed by atoms with Crippen LogP contribution in [0.3, 0.4) is 0 Å². The van der Waals surface area contributed by atoms with Crippen molar-refractivity contribution in [3.8, 4) is 0 Å². The molecule has 2 aromatic carbocycles. The Morgan fingerprint density at radius 3 is 1.95 bits per heavy atom. The first-order valence-corrected chi connectivity index (χ1v) is 7.58. The molecule has 0 aromatic heterocycles. The van der Waals surface area contributed by atoms with E-state index in [9.17, 15) is 0 Å². The van der Waals surface area contributed by atoms with E-state index in [-0.39, 0.29) is 5.41 Å². The molecule has 0 spiro atoms. The quantitative estimate of drug-likeness (QED) is 0.581. The summed E-state index contributed by atoms with van der Waals surface area (Å²) < 4.78 is 0. The van der Waals surface area contributed by atoms with Crippen LogP contribution in [0.15, 0.2) is 60.7 Å². The Bertz CT molecular complexity index is 482. The zero-order valence-corrected chi connectivity index (χ0v) is 12.7. The van der Waals surface area contributed by atoms with Gasteiger partial charge in [0.05, 0.1) is 0 Å². The van der Waals surface area contributed by atoms with Crippen molar-refractivity contribution in [2.24, 2.45) is 5.41 Å². The van der Waals surface area contributed by atoms with E-state index < -0.39 is 0 Å². The fourth-order valence-corrected chi connectivity index (χ4v) is 2.64. The maximum atomic E-state index is 2.49. The predicted octanol–water partition coefficient (Wildman–Crippen LogP) is 5.48. The second-order valence-electron chi connectivity index (χ2n) is 6.23. The van der Waals surface area contributed by atoms with Gasteiger partial charge in [0.1, 0.15) is 0 Å². The molecule has 0 aliphatic rings. The van der Waals surface area contributed by atoms with Gasteiger partial charge in [-0.25, -0.2) is 0 Å². The Balaban J connectivity index is 1.72. The van der Waals surface area contributed by atoms with E-state index in [1.165, 1.54) is 30.4 Å². The molecule has 0 unspecified atom stereocenters. The monoisotopic (exact) mass is 265 g/mol. The summed E-state index contributed by atoms with van der Waals surface area (Å²) in [6.45, 7) is 4.67. The van der Waals surface area contributed by atoms with Crippen LogP contribution < -0.4 is 0 Å². The number of hydrogen-bond acceptors (Lipinski definition) is 0. The molecule has 105 valence electrons. The molecule has 0 saturated heterocycles. The fraction of sp³-hybridized carbons (Fsp3) is 0.350. The molecule has 0 nitrogen and oxygen atoms in total. The number of rotatable bonds is 7. The van der Waals surface area contributed by atoms with Gasteiger partial charge in [-0.1, -0.05) is 74.5 Å². The van der Waals surface area contributed by atoms with Crippen molar-refractivity contribution >= 4 is 0 Å². The van der Waals surface area contributed by atoms with Crippen LogP contribution in [-0.2, 0) is 12.8 Å². The highest BCUT2D eigenvalue weighted by molar-refractivity contribution is 5.17. The summed E-state index contributed by atoms with van der Waals surface area (Å²) >= 11 is 0. The summed E-state index contributed by atoms with van der Waals surface area (Å²) in [5.74, 6) is 0. The lowest BCUT2D eigenvalue weighted by Gasteiger charge is -2.24. The Morgan fingerprint density at radius 2 is 1.35 bits per heavy atom. The van der Waals surface area contributed by atoms with Crippen LogP contribution in [0.25, 0.3) is 0 Å². The van der Waals surface area contributed by atoms with Crippen molar-refractivity contribution < 1.29 is 0 Å². The number of benzene rings is 2. The Labute approximate surface area is 123 Å². The van der Waals surface area contributed by atoms with Gasteiger partial charge < -0.3 is 0 Å². The van der Waals surface area contributed by atoms with Gasteiger partial charge in [0.25, 0.3) is 0 Å². The molecule has 0 N–H and O–H groups in total. The zero-order valence-electron chi connectivity index (χ0n) is 12.7. The topological polar surface area (TPSA) is 0 Å². The minimum atomic E-state index is 0.276. The van der Waals surface area contributed by atoms with Gasteiger partial charge in [-0.05, 0) is 48.6 Å². The number of aryl methyl sites for hydroxylation is 1. The highest BCUT2D eigenvalue weighted by Gasteiger charge is 2.18. The van der Waals surface area contributed by atoms with Crippen LogP contribution in [-0.4, -0.2) is 0 Å². The van der Waals surface area contributed by atoms with Crippen LogP contribution in [0.5, 0.6) is 0 Å². The van der Waals surface area contributed by atoms with Gasteiger partial charge in [-0.3, -0.25) is 0 Å². The molecule has 1 radical (unpaired) electrons. The molecule has 0 bridgehead atoms. The molecule has 0 fully saturated rings. The van der Waals surface area contributed by atoms with Crippen LogP contribution in [0, 0.1) is 11.8 Å². The minimum Gasteiger partial charge on any atom is -0.0622 e. The molecule has 0 heteroatoms. The second-order valence-corrected chi connectivity index (χ2v) is 6.23. The average molecular weight is 265 g/mol. The van der Waals surface area contributed by atoms with E-state index in [0.29, 0.717) is 0 Å². The predicted molar refractivity (Wildman–Crippen MR) is 87.6 cm³/mol. The van der Waals surface area contributed by atoms with Crippen molar-refractivity contribution in [2.75, 3.05) is 0 Å². The summed E-state index contributed by atoms with van der Waals surface area (Å²) in [7, 11) is 0. The van der Waals surface area contributed by atoms with Crippen LogP contribution >= 0.6 is 0 Å². The summed E-state index contributed by atoms with van der Waals surface area (Å²) in [6, 6.07) is 21.5. The highest BCUT2D eigenvalue weighted by Crippen LogP contribution is 2.27. The maximum Gasteiger partial charge on any atom is -0.0224 e. The third-order valence-electron chi connectivity index (χ3n) is 3.71. The molecule has 0 aliphatic carbocycles. The van der Waals surface area contributed by atoms with E-state index in [0.717, 1.165) is 6.42 Å². The molecular formula is C20H25. The Hall–Kier alpha value is -1.56. The third-order valence-corrected chi connectivity index (χ3v) is 3.71. The fourth-order valence-electron chi connectivity index (χ4n) is 2.64. The summed E-state index contributed by atoms with van der Waals surface area (Å²) in [5.41, 5.74) is 3.15. The lowest BCUT2D eigenvalue weighted by molar-refractivity contribution is 0.415. The third kappa shape index (κ3) is 5.21. The van der Waals surface area contributed by atoms with Crippen molar-refractivity contribution in [2.45, 2.75) is 39.5 Å². The molecule has 20 heavy (non-hydrogen) atoms. The minimum absolute atomic E-state index is 0.276. The molecule has 0 saturated carbocycles. The van der Waals surface area contributed by atoms with Crippen LogP contribution in [0.4, 0.5) is 0 Å². The van der Waals surface area contributed by atoms with Crippen molar-refractivity contribution in [1.29, 1.82) is 0 Å². The van der Waals surface area contributed by atoms with Crippen LogP contribution in [0.2, 0.25) is 0 Å². The van der Waals surface area contributed by atoms with E-state index in [4.69, 9.17) is 0 Å². The van der Waals surface area contributed by atoms with Gasteiger partial charge >= 0.3 is 0 Å². The van der Waals surface area contributed by atoms with Crippen LogP contribution in [0.1, 0.15) is 37.8 Å². The molecule has 2 rings (SSSR count). The molecule has 2 aromatic rings. The maximum absolute atomic E-state index is 2.49. The van der Waals surface area contributed by atoms with Crippen molar-refractivity contribution in [3.63, 3.8) is 0 Å². The largest absolute Gasteiger partial charge is 0.0622 e. The number of unbranched alkanes of at least 4 members (excludes halogenated alkanes) is 1. The molecule has 0 atom stereocenters. The summed E-state index contributed by atoms with van der Waals surface area (Å²) in [5, 5.41) is 0. The first-order chi connectivity index (χ1) is 9.66. The Kier molecular flexibility index (Phi) is 5.40. The lowest BCUT2D eigenvalue weighted by Crippen LogP contribution is -2.15. The molecular weight excluding hydrogens is 240 g/mol. The molecule has 0 aliphatic heterocycles. The van der Waals surface area contributed by atoms with Crippen molar-refractivity contribution in [3.05, 3.63) is 78.2 Å². The first-order valence-electron chi connectivity index (χ1n) is 7.58. The highest BCUT2D eigenvalue weighted by atomic mass is 14.2. The zero-order chi connectivity index (χ0) is 14.3. The molecule has 0 amide bonds. The molecule has 0 heterocycles. The normalized spacial score (nSPS) is 11.5. The van der Waals surface area contributed by atoms with Gasteiger partial charge in [0.15, 0.2) is 0 Å². The SMILES string of the molecule is CC(C)([CH]CCCc1ccccc1)Cc1ccccc1. The smallest absolute Gasteiger partial charge is 0.0224 e. The van der Waals surface area contributed by atoms with Gasteiger partial charge in [0, 0.05) is 0 Å². The van der Waals surface area contributed by atoms with E-state index >= 15 is 0 Å². The van der Waals surface area contributed by atoms with Crippen molar-refractivity contribution in [1.82, 2.24) is 0 Å². The average Bonchev–Trinajstić information content (AvgIpc) is 2.45. The van der Waals surface area contributed by atoms with Gasteiger partial charge in [0.2, 0.25) is 0 Å². The second kappa shape index (κ2) is 7.28. The summed E-state index contributed by atoms with van der Waals surface area (Å²) in [4.78, 5) is 0. The van der Waals surface area contributed by atoms with Gasteiger partial charge in [-0.2, -0.15) is 0 Å². The number of hydrogen-bond donors (Lipinski definition) is 0.